The Hall–Kier alpha value is -1.79. The van der Waals surface area contributed by atoms with Gasteiger partial charge < -0.3 is 19.6 Å². The topological polar surface area (TPSA) is 87.2 Å². The standard InChI is InChI=1S/C14H24N2O5/c1-4-6-15(9-12(17)21-3)14(20)16-7-5-11(13(18)19)8-10(16)2/h10-11H,4-9H2,1-3H3,(H,18,19). The van der Waals surface area contributed by atoms with Crippen molar-refractivity contribution in [2.45, 2.75) is 39.2 Å². The summed E-state index contributed by atoms with van der Waals surface area (Å²) in [5, 5.41) is 9.05. The van der Waals surface area contributed by atoms with E-state index in [9.17, 15) is 14.4 Å². The lowest BCUT2D eigenvalue weighted by Gasteiger charge is -2.39. The van der Waals surface area contributed by atoms with Gasteiger partial charge in [-0.3, -0.25) is 9.59 Å². The average molecular weight is 300 g/mol. The van der Waals surface area contributed by atoms with Crippen molar-refractivity contribution in [2.75, 3.05) is 26.7 Å². The van der Waals surface area contributed by atoms with Crippen LogP contribution in [0, 0.1) is 5.92 Å². The lowest BCUT2D eigenvalue weighted by atomic mass is 9.92. The number of carbonyl (C=O) groups is 3. The second-order valence-corrected chi connectivity index (χ2v) is 5.38. The van der Waals surface area contributed by atoms with E-state index in [-0.39, 0.29) is 18.6 Å². The number of urea groups is 1. The number of hydrogen-bond donors (Lipinski definition) is 1. The first-order valence-corrected chi connectivity index (χ1v) is 7.25. The van der Waals surface area contributed by atoms with Crippen molar-refractivity contribution < 1.29 is 24.2 Å². The molecule has 1 aliphatic heterocycles. The summed E-state index contributed by atoms with van der Waals surface area (Å²) in [6.45, 7) is 4.57. The molecular formula is C14H24N2O5. The third-order valence-electron chi connectivity index (χ3n) is 3.78. The molecule has 0 saturated carbocycles. The van der Waals surface area contributed by atoms with Gasteiger partial charge in [0.1, 0.15) is 6.54 Å². The lowest BCUT2D eigenvalue weighted by Crippen LogP contribution is -2.52. The monoisotopic (exact) mass is 300 g/mol. The molecule has 1 N–H and O–H groups in total. The van der Waals surface area contributed by atoms with Gasteiger partial charge in [-0.25, -0.2) is 4.79 Å². The molecule has 0 aromatic heterocycles. The highest BCUT2D eigenvalue weighted by molar-refractivity contribution is 5.81. The molecule has 2 amide bonds. The number of methoxy groups -OCH3 is 1. The van der Waals surface area contributed by atoms with Crippen molar-refractivity contribution >= 4 is 18.0 Å². The summed E-state index contributed by atoms with van der Waals surface area (Å²) in [7, 11) is 1.29. The molecule has 2 unspecified atom stereocenters. The van der Waals surface area contributed by atoms with E-state index in [1.165, 1.54) is 12.0 Å². The summed E-state index contributed by atoms with van der Waals surface area (Å²) in [5.41, 5.74) is 0. The Kier molecular flexibility index (Phi) is 6.45. The first-order chi connectivity index (χ1) is 9.90. The number of carboxylic acid groups (broad SMARTS) is 1. The summed E-state index contributed by atoms with van der Waals surface area (Å²) >= 11 is 0. The van der Waals surface area contributed by atoms with Gasteiger partial charge in [0.05, 0.1) is 13.0 Å². The number of rotatable bonds is 5. The molecule has 1 aliphatic rings. The molecule has 2 atom stereocenters. The predicted molar refractivity (Wildman–Crippen MR) is 75.8 cm³/mol. The van der Waals surface area contributed by atoms with E-state index >= 15 is 0 Å². The van der Waals surface area contributed by atoms with Gasteiger partial charge >= 0.3 is 18.0 Å². The number of nitrogens with zero attached hydrogens (tertiary/aromatic N) is 2. The van der Waals surface area contributed by atoms with Crippen molar-refractivity contribution in [3.05, 3.63) is 0 Å². The van der Waals surface area contributed by atoms with E-state index in [0.717, 1.165) is 6.42 Å². The molecule has 21 heavy (non-hydrogen) atoms. The van der Waals surface area contributed by atoms with Crippen LogP contribution in [0.1, 0.15) is 33.1 Å². The average Bonchev–Trinajstić information content (AvgIpc) is 2.45. The lowest BCUT2D eigenvalue weighted by molar-refractivity contribution is -0.143. The summed E-state index contributed by atoms with van der Waals surface area (Å²) in [6, 6.07) is -0.372. The van der Waals surface area contributed by atoms with Gasteiger partial charge in [-0.2, -0.15) is 0 Å². The fourth-order valence-corrected chi connectivity index (χ4v) is 2.59. The van der Waals surface area contributed by atoms with Crippen LogP contribution in [0.3, 0.4) is 0 Å². The Balaban J connectivity index is 2.70. The molecule has 0 aliphatic carbocycles. The zero-order valence-corrected chi connectivity index (χ0v) is 12.9. The Morgan fingerprint density at radius 3 is 2.52 bits per heavy atom. The third-order valence-corrected chi connectivity index (χ3v) is 3.78. The molecule has 7 nitrogen and oxygen atoms in total. The zero-order valence-electron chi connectivity index (χ0n) is 12.9. The zero-order chi connectivity index (χ0) is 16.0. The SMILES string of the molecule is CCCN(CC(=O)OC)C(=O)N1CCC(C(=O)O)CC1C. The van der Waals surface area contributed by atoms with E-state index in [1.54, 1.807) is 4.90 Å². The van der Waals surface area contributed by atoms with E-state index in [2.05, 4.69) is 4.74 Å². The molecule has 0 bridgehead atoms. The molecule has 0 spiro atoms. The summed E-state index contributed by atoms with van der Waals surface area (Å²) < 4.78 is 4.61. The number of esters is 1. The van der Waals surface area contributed by atoms with E-state index in [4.69, 9.17) is 5.11 Å². The van der Waals surface area contributed by atoms with Gasteiger partial charge in [0.15, 0.2) is 0 Å². The Bertz CT molecular complexity index is 399. The first kappa shape index (κ1) is 17.3. The quantitative estimate of drug-likeness (QED) is 0.770. The maximum absolute atomic E-state index is 12.5. The van der Waals surface area contributed by atoms with Crippen LogP contribution in [0.2, 0.25) is 0 Å². The van der Waals surface area contributed by atoms with Crippen LogP contribution in [-0.2, 0) is 14.3 Å². The number of amides is 2. The van der Waals surface area contributed by atoms with Crippen LogP contribution < -0.4 is 0 Å². The van der Waals surface area contributed by atoms with Crippen LogP contribution >= 0.6 is 0 Å². The molecule has 0 aromatic carbocycles. The fourth-order valence-electron chi connectivity index (χ4n) is 2.59. The smallest absolute Gasteiger partial charge is 0.325 e. The Morgan fingerprint density at radius 1 is 1.38 bits per heavy atom. The maximum Gasteiger partial charge on any atom is 0.325 e. The van der Waals surface area contributed by atoms with Crippen molar-refractivity contribution in [3.63, 3.8) is 0 Å². The summed E-state index contributed by atoms with van der Waals surface area (Å²) in [5.74, 6) is -1.66. The molecule has 1 saturated heterocycles. The van der Waals surface area contributed by atoms with Crippen LogP contribution in [0.5, 0.6) is 0 Å². The molecule has 120 valence electrons. The van der Waals surface area contributed by atoms with Gasteiger partial charge in [0.2, 0.25) is 0 Å². The van der Waals surface area contributed by atoms with Gasteiger partial charge in [0.25, 0.3) is 0 Å². The minimum Gasteiger partial charge on any atom is -0.481 e. The number of piperidine rings is 1. The van der Waals surface area contributed by atoms with Crippen LogP contribution in [0.15, 0.2) is 0 Å². The number of likely N-dealkylation sites (tertiary alicyclic amines) is 1. The normalized spacial score (nSPS) is 21.8. The van der Waals surface area contributed by atoms with Gasteiger partial charge in [-0.05, 0) is 26.2 Å². The number of ether oxygens (including phenoxy) is 1. The Morgan fingerprint density at radius 2 is 2.05 bits per heavy atom. The van der Waals surface area contributed by atoms with Crippen LogP contribution in [-0.4, -0.2) is 65.7 Å². The highest BCUT2D eigenvalue weighted by atomic mass is 16.5. The second kappa shape index (κ2) is 7.85. The molecule has 1 fully saturated rings. The van der Waals surface area contributed by atoms with Crippen molar-refractivity contribution in [1.82, 2.24) is 9.80 Å². The number of hydrogen-bond acceptors (Lipinski definition) is 4. The van der Waals surface area contributed by atoms with Crippen LogP contribution in [0.4, 0.5) is 4.79 Å². The van der Waals surface area contributed by atoms with E-state index < -0.39 is 17.9 Å². The van der Waals surface area contributed by atoms with Crippen molar-refractivity contribution in [2.24, 2.45) is 5.92 Å². The van der Waals surface area contributed by atoms with Gasteiger partial charge in [0, 0.05) is 19.1 Å². The first-order valence-electron chi connectivity index (χ1n) is 7.25. The highest BCUT2D eigenvalue weighted by Gasteiger charge is 2.34. The van der Waals surface area contributed by atoms with Crippen LogP contribution in [0.25, 0.3) is 0 Å². The highest BCUT2D eigenvalue weighted by Crippen LogP contribution is 2.24. The molecule has 1 heterocycles. The second-order valence-electron chi connectivity index (χ2n) is 5.38. The molecule has 7 heteroatoms. The number of carboxylic acids is 1. The fraction of sp³-hybridized carbons (Fsp3) is 0.786. The molecule has 0 radical (unpaired) electrons. The molecule has 0 aromatic rings. The third kappa shape index (κ3) is 4.61. The maximum atomic E-state index is 12.5. The van der Waals surface area contributed by atoms with Gasteiger partial charge in [-0.15, -0.1) is 0 Å². The van der Waals surface area contributed by atoms with Crippen molar-refractivity contribution in [3.8, 4) is 0 Å². The van der Waals surface area contributed by atoms with Gasteiger partial charge in [-0.1, -0.05) is 6.92 Å². The minimum absolute atomic E-state index is 0.0747. The molecular weight excluding hydrogens is 276 g/mol. The minimum atomic E-state index is -0.811. The van der Waals surface area contributed by atoms with Crippen molar-refractivity contribution in [1.29, 1.82) is 0 Å². The Labute approximate surface area is 124 Å². The summed E-state index contributed by atoms with van der Waals surface area (Å²) in [4.78, 5) is 38.1. The summed E-state index contributed by atoms with van der Waals surface area (Å²) in [6.07, 6.45) is 1.63. The van der Waals surface area contributed by atoms with E-state index in [0.29, 0.717) is 25.9 Å². The predicted octanol–water partition coefficient (Wildman–Crippen LogP) is 1.18. The largest absolute Gasteiger partial charge is 0.481 e. The van der Waals surface area contributed by atoms with E-state index in [1.807, 2.05) is 13.8 Å². The molecule has 1 rings (SSSR count). The number of carbonyl (C=O) groups excluding carboxylic acids is 2. The number of aliphatic carboxylic acids is 1.